The molecule has 0 aromatic heterocycles. The molecule has 0 radical (unpaired) electrons. The molecule has 2 aromatic carbocycles. The van der Waals surface area contributed by atoms with Gasteiger partial charge in [0.1, 0.15) is 0 Å². The van der Waals surface area contributed by atoms with Gasteiger partial charge in [0.2, 0.25) is 0 Å². The van der Waals surface area contributed by atoms with Crippen molar-refractivity contribution in [2.24, 2.45) is 0 Å². The van der Waals surface area contributed by atoms with Gasteiger partial charge in [-0.1, -0.05) is 76.6 Å². The molecule has 0 spiro atoms. The molecule has 0 heterocycles. The van der Waals surface area contributed by atoms with E-state index in [1.165, 1.54) is 27.8 Å². The van der Waals surface area contributed by atoms with E-state index in [1.54, 1.807) is 0 Å². The lowest BCUT2D eigenvalue weighted by atomic mass is 9.99. The second-order valence-electron chi connectivity index (χ2n) is 4.00. The second-order valence-corrected chi connectivity index (χ2v) is 4.00. The Morgan fingerprint density at radius 2 is 1.39 bits per heavy atom. The smallest absolute Gasteiger partial charge is 0.00325 e. The molecule has 0 amide bonds. The lowest BCUT2D eigenvalue weighted by molar-refractivity contribution is 1.61. The molecule has 0 heteroatoms. The van der Waals surface area contributed by atoms with Crippen LogP contribution in [-0.2, 0) is 0 Å². The first-order chi connectivity index (χ1) is 7.83. The average Bonchev–Trinajstić information content (AvgIpc) is 2.64. The fourth-order valence-corrected chi connectivity index (χ4v) is 2.42. The summed E-state index contributed by atoms with van der Waals surface area (Å²) in [5, 5.41) is 0. The minimum Gasteiger partial charge on any atom is -0.0984 e. The third kappa shape index (κ3) is 1.70. The number of hydrogen-bond donors (Lipinski definition) is 0. The zero-order valence-corrected chi connectivity index (χ0v) is 9.03. The summed E-state index contributed by atoms with van der Waals surface area (Å²) in [5.74, 6) is 0. The van der Waals surface area contributed by atoms with Gasteiger partial charge < -0.3 is 0 Å². The van der Waals surface area contributed by atoms with Gasteiger partial charge in [-0.3, -0.25) is 0 Å². The number of benzene rings is 2. The van der Waals surface area contributed by atoms with Crippen LogP contribution in [0.1, 0.15) is 31.5 Å². The molecule has 0 atom stereocenters. The molecule has 1 aliphatic carbocycles. The Hall–Kier alpha value is -2.08. The minimum absolute atomic E-state index is 0. The monoisotopic (exact) mass is 236 g/mol. The fraction of sp³-hybridized carbons (Fsp3) is 0.111. The van der Waals surface area contributed by atoms with Crippen LogP contribution < -0.4 is 0 Å². The van der Waals surface area contributed by atoms with Crippen molar-refractivity contribution in [2.45, 2.75) is 14.9 Å². The SMILES string of the molecule is C.C.C=Cc1cccc2c1C(=C)c1ccccc1-2. The molecule has 0 nitrogen and oxygen atoms in total. The maximum Gasteiger partial charge on any atom is -0.00325 e. The van der Waals surface area contributed by atoms with Crippen molar-refractivity contribution < 1.29 is 0 Å². The van der Waals surface area contributed by atoms with Crippen LogP contribution in [0.25, 0.3) is 22.8 Å². The van der Waals surface area contributed by atoms with Crippen molar-refractivity contribution >= 4 is 11.6 Å². The maximum atomic E-state index is 4.20. The van der Waals surface area contributed by atoms with Gasteiger partial charge in [-0.25, -0.2) is 0 Å². The first-order valence-corrected chi connectivity index (χ1v) is 5.37. The molecule has 0 N–H and O–H groups in total. The summed E-state index contributed by atoms with van der Waals surface area (Å²) in [4.78, 5) is 0. The summed E-state index contributed by atoms with van der Waals surface area (Å²) in [7, 11) is 0. The van der Waals surface area contributed by atoms with Gasteiger partial charge in [-0.2, -0.15) is 0 Å². The van der Waals surface area contributed by atoms with Crippen molar-refractivity contribution in [2.75, 3.05) is 0 Å². The molecule has 18 heavy (non-hydrogen) atoms. The predicted molar refractivity (Wildman–Crippen MR) is 83.6 cm³/mol. The van der Waals surface area contributed by atoms with Crippen molar-refractivity contribution in [3.63, 3.8) is 0 Å². The standard InChI is InChI=1S/C16H12.2CH4/c1-3-12-7-6-10-15-14-9-5-4-8-13(14)11(2)16(12)15;;/h3-10H,1-2H2;2*1H4. The molecule has 0 saturated carbocycles. The van der Waals surface area contributed by atoms with E-state index in [4.69, 9.17) is 0 Å². The molecule has 0 saturated heterocycles. The van der Waals surface area contributed by atoms with E-state index in [9.17, 15) is 0 Å². The highest BCUT2D eigenvalue weighted by atomic mass is 14.3. The zero-order valence-electron chi connectivity index (χ0n) is 9.03. The van der Waals surface area contributed by atoms with Gasteiger partial charge in [0.25, 0.3) is 0 Å². The Labute approximate surface area is 110 Å². The average molecular weight is 236 g/mol. The molecule has 0 unspecified atom stereocenters. The Kier molecular flexibility index (Phi) is 3.93. The normalized spacial score (nSPS) is 10.8. The van der Waals surface area contributed by atoms with Crippen LogP contribution in [0.15, 0.2) is 55.6 Å². The van der Waals surface area contributed by atoms with Crippen molar-refractivity contribution in [1.82, 2.24) is 0 Å². The maximum absolute atomic E-state index is 4.20. The first kappa shape index (κ1) is 14.0. The van der Waals surface area contributed by atoms with Gasteiger partial charge in [0.05, 0.1) is 0 Å². The van der Waals surface area contributed by atoms with E-state index in [-0.39, 0.29) is 14.9 Å². The van der Waals surface area contributed by atoms with Crippen LogP contribution in [0, 0.1) is 0 Å². The molecule has 0 fully saturated rings. The Morgan fingerprint density at radius 3 is 2.06 bits per heavy atom. The van der Waals surface area contributed by atoms with Crippen LogP contribution >= 0.6 is 0 Å². The molecule has 92 valence electrons. The molecule has 0 bridgehead atoms. The summed E-state index contributed by atoms with van der Waals surface area (Å²) < 4.78 is 0. The summed E-state index contributed by atoms with van der Waals surface area (Å²) in [6, 6.07) is 14.7. The van der Waals surface area contributed by atoms with Crippen LogP contribution in [0.2, 0.25) is 0 Å². The highest BCUT2D eigenvalue weighted by Crippen LogP contribution is 2.44. The summed E-state index contributed by atoms with van der Waals surface area (Å²) >= 11 is 0. The Morgan fingerprint density at radius 1 is 0.778 bits per heavy atom. The highest BCUT2D eigenvalue weighted by molar-refractivity contribution is 6.02. The molecule has 3 rings (SSSR count). The minimum atomic E-state index is 0. The second kappa shape index (κ2) is 5.05. The largest absolute Gasteiger partial charge is 0.0984 e. The third-order valence-corrected chi connectivity index (χ3v) is 3.16. The Bertz CT molecular complexity index is 603. The van der Waals surface area contributed by atoms with E-state index in [0.29, 0.717) is 0 Å². The van der Waals surface area contributed by atoms with Gasteiger partial charge >= 0.3 is 0 Å². The van der Waals surface area contributed by atoms with Crippen LogP contribution in [0.5, 0.6) is 0 Å². The molecular formula is C18H20. The molecule has 0 aliphatic heterocycles. The van der Waals surface area contributed by atoms with E-state index in [0.717, 1.165) is 5.57 Å². The van der Waals surface area contributed by atoms with Crippen molar-refractivity contribution in [3.05, 3.63) is 72.3 Å². The van der Waals surface area contributed by atoms with Gasteiger partial charge in [-0.05, 0) is 33.4 Å². The van der Waals surface area contributed by atoms with Gasteiger partial charge in [-0.15, -0.1) is 0 Å². The zero-order chi connectivity index (χ0) is 11.1. The molecule has 2 aromatic rings. The molecule has 1 aliphatic rings. The van der Waals surface area contributed by atoms with Crippen molar-refractivity contribution in [3.8, 4) is 11.1 Å². The molecular weight excluding hydrogens is 216 g/mol. The topological polar surface area (TPSA) is 0 Å². The highest BCUT2D eigenvalue weighted by Gasteiger charge is 2.22. The first-order valence-electron chi connectivity index (χ1n) is 5.37. The summed E-state index contributed by atoms with van der Waals surface area (Å²) in [5.41, 5.74) is 7.31. The summed E-state index contributed by atoms with van der Waals surface area (Å²) in [6.07, 6.45) is 1.90. The number of rotatable bonds is 1. The number of fused-ring (bicyclic) bond motifs is 3. The van der Waals surface area contributed by atoms with Crippen molar-refractivity contribution in [1.29, 1.82) is 0 Å². The van der Waals surface area contributed by atoms with Gasteiger partial charge in [0, 0.05) is 0 Å². The van der Waals surface area contributed by atoms with Crippen LogP contribution in [-0.4, -0.2) is 0 Å². The predicted octanol–water partition coefficient (Wildman–Crippen LogP) is 5.64. The van der Waals surface area contributed by atoms with E-state index < -0.39 is 0 Å². The third-order valence-electron chi connectivity index (χ3n) is 3.16. The van der Waals surface area contributed by atoms with E-state index in [1.807, 2.05) is 6.08 Å². The Balaban J connectivity index is 0.000000810. The van der Waals surface area contributed by atoms with Gasteiger partial charge in [0.15, 0.2) is 0 Å². The van der Waals surface area contributed by atoms with E-state index in [2.05, 4.69) is 55.6 Å². The van der Waals surface area contributed by atoms with Crippen LogP contribution in [0.4, 0.5) is 0 Å². The van der Waals surface area contributed by atoms with E-state index >= 15 is 0 Å². The fourth-order valence-electron chi connectivity index (χ4n) is 2.42. The number of hydrogen-bond acceptors (Lipinski definition) is 0. The quantitative estimate of drug-likeness (QED) is 0.512. The summed E-state index contributed by atoms with van der Waals surface area (Å²) in [6.45, 7) is 8.06. The lowest BCUT2D eigenvalue weighted by Crippen LogP contribution is -1.83. The van der Waals surface area contributed by atoms with Crippen LogP contribution in [0.3, 0.4) is 0 Å². The lowest BCUT2D eigenvalue weighted by Gasteiger charge is -2.04.